The fourth-order valence-corrected chi connectivity index (χ4v) is 1.88. The smallest absolute Gasteiger partial charge is 0.262 e. The lowest BCUT2D eigenvalue weighted by Crippen LogP contribution is -2.07. The predicted octanol–water partition coefficient (Wildman–Crippen LogP) is 1.84. The second-order valence-electron chi connectivity index (χ2n) is 4.26. The number of rotatable bonds is 2. The SMILES string of the molecule is O=c1cc(C(O)C2=CCC=CC2)cccc(O)[nH][nH]1. The van der Waals surface area contributed by atoms with E-state index in [2.05, 4.69) is 10.2 Å². The van der Waals surface area contributed by atoms with E-state index in [0.29, 0.717) is 12.0 Å². The van der Waals surface area contributed by atoms with E-state index in [-0.39, 0.29) is 5.88 Å². The Balaban J connectivity index is 2.42. The van der Waals surface area contributed by atoms with Crippen LogP contribution >= 0.6 is 0 Å². The Morgan fingerprint density at radius 1 is 1.21 bits per heavy atom. The Morgan fingerprint density at radius 2 is 2.05 bits per heavy atom. The molecule has 5 nitrogen and oxygen atoms in total. The van der Waals surface area contributed by atoms with Crippen molar-refractivity contribution < 1.29 is 10.2 Å². The molecule has 0 saturated carbocycles. The highest BCUT2D eigenvalue weighted by atomic mass is 16.3. The van der Waals surface area contributed by atoms with Crippen LogP contribution < -0.4 is 5.56 Å². The third-order valence-electron chi connectivity index (χ3n) is 2.86. The summed E-state index contributed by atoms with van der Waals surface area (Å²) >= 11 is 0. The maximum atomic E-state index is 11.6. The highest BCUT2D eigenvalue weighted by Crippen LogP contribution is 2.25. The van der Waals surface area contributed by atoms with Crippen LogP contribution in [0.5, 0.6) is 5.88 Å². The number of aromatic nitrogens is 2. The van der Waals surface area contributed by atoms with Crippen LogP contribution in [0.2, 0.25) is 0 Å². The minimum atomic E-state index is -0.819. The number of aromatic amines is 2. The molecule has 0 fully saturated rings. The zero-order valence-electron chi connectivity index (χ0n) is 10.3. The third-order valence-corrected chi connectivity index (χ3v) is 2.86. The first-order valence-corrected chi connectivity index (χ1v) is 6.03. The molecule has 0 aromatic carbocycles. The van der Waals surface area contributed by atoms with E-state index in [9.17, 15) is 15.0 Å². The van der Waals surface area contributed by atoms with Crippen LogP contribution in [0.4, 0.5) is 0 Å². The lowest BCUT2D eigenvalue weighted by Gasteiger charge is -2.15. The van der Waals surface area contributed by atoms with Gasteiger partial charge < -0.3 is 10.2 Å². The molecule has 2 rings (SSSR count). The van der Waals surface area contributed by atoms with Gasteiger partial charge >= 0.3 is 0 Å². The Hall–Kier alpha value is -2.27. The van der Waals surface area contributed by atoms with Gasteiger partial charge in [0.1, 0.15) is 6.10 Å². The normalized spacial score (nSPS) is 15.5. The van der Waals surface area contributed by atoms with Gasteiger partial charge in [-0.2, -0.15) is 0 Å². The molecule has 5 heteroatoms. The second kappa shape index (κ2) is 6.06. The molecule has 1 aromatic heterocycles. The molecule has 0 radical (unpaired) electrons. The first-order valence-electron chi connectivity index (χ1n) is 6.03. The minimum absolute atomic E-state index is 0.173. The molecule has 1 aromatic rings. The number of hydrogen-bond donors (Lipinski definition) is 4. The van der Waals surface area contributed by atoms with E-state index in [0.717, 1.165) is 12.0 Å². The van der Waals surface area contributed by atoms with Crippen molar-refractivity contribution in [2.75, 3.05) is 0 Å². The van der Waals surface area contributed by atoms with E-state index in [1.165, 1.54) is 12.1 Å². The molecule has 0 aliphatic heterocycles. The summed E-state index contributed by atoms with van der Waals surface area (Å²) in [6.07, 6.45) is 6.62. The number of aromatic hydroxyl groups is 1. The quantitative estimate of drug-likeness (QED) is 0.612. The Morgan fingerprint density at radius 3 is 2.79 bits per heavy atom. The molecule has 100 valence electrons. The molecular weight excluding hydrogens is 244 g/mol. The highest BCUT2D eigenvalue weighted by molar-refractivity contribution is 5.27. The summed E-state index contributed by atoms with van der Waals surface area (Å²) in [7, 11) is 0. The summed E-state index contributed by atoms with van der Waals surface area (Å²) in [5, 5.41) is 24.2. The van der Waals surface area contributed by atoms with Crippen molar-refractivity contribution in [3.8, 4) is 5.88 Å². The van der Waals surface area contributed by atoms with Crippen molar-refractivity contribution in [1.29, 1.82) is 0 Å². The monoisotopic (exact) mass is 260 g/mol. The molecule has 0 bridgehead atoms. The van der Waals surface area contributed by atoms with E-state index in [1.54, 1.807) is 12.1 Å². The average molecular weight is 260 g/mol. The van der Waals surface area contributed by atoms with E-state index < -0.39 is 11.7 Å². The Labute approximate surface area is 110 Å². The van der Waals surface area contributed by atoms with Crippen molar-refractivity contribution in [1.82, 2.24) is 10.2 Å². The van der Waals surface area contributed by atoms with E-state index >= 15 is 0 Å². The lowest BCUT2D eigenvalue weighted by atomic mass is 9.96. The molecule has 1 aliphatic rings. The molecule has 1 heterocycles. The van der Waals surface area contributed by atoms with Crippen molar-refractivity contribution in [3.05, 3.63) is 64.0 Å². The maximum Gasteiger partial charge on any atom is 0.262 e. The third kappa shape index (κ3) is 3.59. The van der Waals surface area contributed by atoms with Gasteiger partial charge in [-0.3, -0.25) is 15.0 Å². The van der Waals surface area contributed by atoms with E-state index in [4.69, 9.17) is 0 Å². The molecule has 1 unspecified atom stereocenters. The summed E-state index contributed by atoms with van der Waals surface area (Å²) in [5.41, 5.74) is 0.908. The van der Waals surface area contributed by atoms with Crippen molar-refractivity contribution >= 4 is 0 Å². The van der Waals surface area contributed by atoms with Crippen LogP contribution in [0.3, 0.4) is 0 Å². The van der Waals surface area contributed by atoms with Gasteiger partial charge in [-0.05, 0) is 30.0 Å². The molecule has 1 aliphatic carbocycles. The van der Waals surface area contributed by atoms with Crippen LogP contribution in [0, 0.1) is 0 Å². The van der Waals surface area contributed by atoms with Gasteiger partial charge in [-0.25, -0.2) is 0 Å². The standard InChI is InChI=1S/C14H16N2O3/c17-12-8-4-7-11(9-13(18)16-15-12)14(19)10-5-2-1-3-6-10/h1-2,4,6-9,14-15,17,19H,3,5H2,(H,16,18). The van der Waals surface area contributed by atoms with E-state index in [1.807, 2.05) is 18.2 Å². The highest BCUT2D eigenvalue weighted by Gasteiger charge is 2.13. The number of aliphatic hydroxyl groups is 1. The minimum Gasteiger partial charge on any atom is -0.494 e. The van der Waals surface area contributed by atoms with Gasteiger partial charge in [0.05, 0.1) is 0 Å². The fraction of sp³-hybridized carbons (Fsp3) is 0.214. The second-order valence-corrected chi connectivity index (χ2v) is 4.26. The number of hydrogen-bond acceptors (Lipinski definition) is 3. The largest absolute Gasteiger partial charge is 0.494 e. The molecule has 19 heavy (non-hydrogen) atoms. The predicted molar refractivity (Wildman–Crippen MR) is 72.1 cm³/mol. The first-order chi connectivity index (χ1) is 9.16. The molecule has 0 amide bonds. The summed E-state index contributed by atoms with van der Waals surface area (Å²) < 4.78 is 0. The molecule has 0 saturated heterocycles. The average Bonchev–Trinajstić information content (AvgIpc) is 2.51. The van der Waals surface area contributed by atoms with Gasteiger partial charge in [-0.1, -0.05) is 30.4 Å². The van der Waals surface area contributed by atoms with Gasteiger partial charge in [0.25, 0.3) is 5.56 Å². The lowest BCUT2D eigenvalue weighted by molar-refractivity contribution is 0.212. The molecular formula is C14H16N2O3. The summed E-state index contributed by atoms with van der Waals surface area (Å²) in [4.78, 5) is 11.6. The van der Waals surface area contributed by atoms with Gasteiger partial charge in [-0.15, -0.1) is 0 Å². The van der Waals surface area contributed by atoms with Crippen molar-refractivity contribution in [3.63, 3.8) is 0 Å². The fourth-order valence-electron chi connectivity index (χ4n) is 1.88. The molecule has 1 atom stereocenters. The van der Waals surface area contributed by atoms with Gasteiger partial charge in [0.2, 0.25) is 5.88 Å². The van der Waals surface area contributed by atoms with Crippen LogP contribution in [0.15, 0.2) is 52.9 Å². The van der Waals surface area contributed by atoms with Gasteiger partial charge in [0.15, 0.2) is 0 Å². The Bertz CT molecular complexity index is 609. The number of aliphatic hydroxyl groups excluding tert-OH is 1. The first kappa shape index (κ1) is 13.2. The van der Waals surface area contributed by atoms with Gasteiger partial charge in [0, 0.05) is 6.07 Å². The van der Waals surface area contributed by atoms with Crippen LogP contribution in [-0.4, -0.2) is 20.4 Å². The van der Waals surface area contributed by atoms with Crippen LogP contribution in [0.1, 0.15) is 24.5 Å². The van der Waals surface area contributed by atoms with Crippen molar-refractivity contribution in [2.24, 2.45) is 0 Å². The van der Waals surface area contributed by atoms with Crippen LogP contribution in [-0.2, 0) is 0 Å². The summed E-state index contributed by atoms with van der Waals surface area (Å²) in [6, 6.07) is 5.87. The zero-order valence-corrected chi connectivity index (χ0v) is 10.3. The number of allylic oxidation sites excluding steroid dienone is 3. The maximum absolute atomic E-state index is 11.6. The van der Waals surface area contributed by atoms with Crippen LogP contribution in [0.25, 0.3) is 0 Å². The summed E-state index contributed by atoms with van der Waals surface area (Å²) in [5.74, 6) is -0.173. The van der Waals surface area contributed by atoms with Crippen molar-refractivity contribution in [2.45, 2.75) is 18.9 Å². The molecule has 0 spiro atoms. The molecule has 4 N–H and O–H groups in total. The summed E-state index contributed by atoms with van der Waals surface area (Å²) in [6.45, 7) is 0. The Kier molecular flexibility index (Phi) is 4.20. The number of nitrogens with one attached hydrogen (secondary N) is 2. The zero-order chi connectivity index (χ0) is 13.7. The number of H-pyrrole nitrogens is 2. The topological polar surface area (TPSA) is 89.1 Å².